The summed E-state index contributed by atoms with van der Waals surface area (Å²) in [6, 6.07) is 5.14. The maximum absolute atomic E-state index is 2.29. The van der Waals surface area contributed by atoms with Crippen molar-refractivity contribution >= 4 is 0 Å². The van der Waals surface area contributed by atoms with Crippen LogP contribution in [0.15, 0.2) is 24.5 Å². The Morgan fingerprint density at radius 2 is 1.18 bits per heavy atom. The summed E-state index contributed by atoms with van der Waals surface area (Å²) in [7, 11) is 0. The molecule has 0 spiro atoms. The van der Waals surface area contributed by atoms with Crippen LogP contribution in [0.1, 0.15) is 103 Å². The van der Waals surface area contributed by atoms with Gasteiger partial charge in [0.1, 0.15) is 0 Å². The summed E-state index contributed by atoms with van der Waals surface area (Å²) in [5.74, 6) is 0. The maximum atomic E-state index is 2.29. The molecule has 1 aromatic rings. The predicted molar refractivity (Wildman–Crippen MR) is 97.2 cm³/mol. The Kier molecular flexibility index (Phi) is 11.1. The van der Waals surface area contributed by atoms with Crippen LogP contribution in [-0.2, 0) is 6.42 Å². The van der Waals surface area contributed by atoms with Gasteiger partial charge in [0.05, 0.1) is 0 Å². The van der Waals surface area contributed by atoms with Gasteiger partial charge in [0.15, 0.2) is 18.4 Å². The minimum atomic E-state index is 0.566. The zero-order chi connectivity index (χ0) is 16.0. The summed E-state index contributed by atoms with van der Waals surface area (Å²) < 4.78 is 2.27. The molecule has 0 fully saturated rings. The van der Waals surface area contributed by atoms with Crippen LogP contribution in [0.3, 0.4) is 0 Å². The molecule has 0 saturated heterocycles. The van der Waals surface area contributed by atoms with Crippen LogP contribution in [-0.4, -0.2) is 0 Å². The van der Waals surface area contributed by atoms with E-state index in [0.29, 0.717) is 6.04 Å². The molecule has 1 nitrogen and oxygen atoms in total. The molecule has 1 heteroatoms. The fourth-order valence-electron chi connectivity index (χ4n) is 2.97. The fourth-order valence-corrected chi connectivity index (χ4v) is 2.97. The monoisotopic (exact) mass is 304 g/mol. The van der Waals surface area contributed by atoms with Gasteiger partial charge in [0.25, 0.3) is 0 Å². The summed E-state index contributed by atoms with van der Waals surface area (Å²) in [5.41, 5.74) is 1.49. The van der Waals surface area contributed by atoms with Crippen molar-refractivity contribution in [3.8, 4) is 0 Å². The van der Waals surface area contributed by atoms with Crippen LogP contribution in [0.2, 0.25) is 0 Å². The number of hydrogen-bond acceptors (Lipinski definition) is 0. The van der Waals surface area contributed by atoms with Crippen molar-refractivity contribution in [1.82, 2.24) is 0 Å². The molecule has 0 aliphatic carbocycles. The first-order valence-electron chi connectivity index (χ1n) is 9.73. The molecule has 126 valence electrons. The molecule has 0 radical (unpaired) electrons. The molecule has 0 unspecified atom stereocenters. The number of hydrogen-bond donors (Lipinski definition) is 0. The highest BCUT2D eigenvalue weighted by molar-refractivity contribution is 5.07. The zero-order valence-electron chi connectivity index (χ0n) is 15.3. The minimum Gasteiger partial charge on any atom is -0.203 e. The number of nitrogens with zero attached hydrogens (tertiary/aromatic N) is 1. The van der Waals surface area contributed by atoms with E-state index in [0.717, 1.165) is 0 Å². The summed E-state index contributed by atoms with van der Waals surface area (Å²) in [5, 5.41) is 0. The zero-order valence-corrected chi connectivity index (χ0v) is 15.3. The highest BCUT2D eigenvalue weighted by Gasteiger charge is 2.04. The number of aryl methyl sites for hydroxylation is 1. The second-order valence-electron chi connectivity index (χ2n) is 7.03. The first kappa shape index (κ1) is 19.2. The second kappa shape index (κ2) is 12.7. The van der Waals surface area contributed by atoms with Gasteiger partial charge in [-0.05, 0) is 32.3 Å². The molecule has 1 aromatic heterocycles. The van der Waals surface area contributed by atoms with E-state index in [-0.39, 0.29) is 0 Å². The van der Waals surface area contributed by atoms with E-state index >= 15 is 0 Å². The highest BCUT2D eigenvalue weighted by Crippen LogP contribution is 2.12. The van der Waals surface area contributed by atoms with Gasteiger partial charge in [-0.25, -0.2) is 4.57 Å². The van der Waals surface area contributed by atoms with E-state index < -0.39 is 0 Å². The molecule has 0 aromatic carbocycles. The highest BCUT2D eigenvalue weighted by atomic mass is 15.0. The van der Waals surface area contributed by atoms with Gasteiger partial charge in [-0.1, -0.05) is 71.1 Å². The van der Waals surface area contributed by atoms with Gasteiger partial charge in [-0.2, -0.15) is 0 Å². The van der Waals surface area contributed by atoms with Crippen molar-refractivity contribution in [2.24, 2.45) is 0 Å². The first-order chi connectivity index (χ1) is 10.7. The lowest BCUT2D eigenvalue weighted by atomic mass is 10.0. The van der Waals surface area contributed by atoms with E-state index in [1.54, 1.807) is 0 Å². The van der Waals surface area contributed by atoms with Gasteiger partial charge in [-0.3, -0.25) is 0 Å². The van der Waals surface area contributed by atoms with E-state index in [4.69, 9.17) is 0 Å². The topological polar surface area (TPSA) is 3.88 Å². The fraction of sp³-hybridized carbons (Fsp3) is 0.762. The third-order valence-electron chi connectivity index (χ3n) is 4.59. The second-order valence-corrected chi connectivity index (χ2v) is 7.03. The van der Waals surface area contributed by atoms with E-state index in [9.17, 15) is 0 Å². The van der Waals surface area contributed by atoms with Crippen molar-refractivity contribution in [2.45, 2.75) is 104 Å². The summed E-state index contributed by atoms with van der Waals surface area (Å²) in [6.45, 7) is 6.74. The van der Waals surface area contributed by atoms with E-state index in [1.165, 1.54) is 82.6 Å². The summed E-state index contributed by atoms with van der Waals surface area (Å²) in [4.78, 5) is 0. The van der Waals surface area contributed by atoms with Crippen molar-refractivity contribution in [2.75, 3.05) is 0 Å². The van der Waals surface area contributed by atoms with Crippen LogP contribution in [0.5, 0.6) is 0 Å². The summed E-state index contributed by atoms with van der Waals surface area (Å²) in [6.07, 6.45) is 21.4. The van der Waals surface area contributed by atoms with Gasteiger partial charge < -0.3 is 0 Å². The molecule has 0 aliphatic heterocycles. The van der Waals surface area contributed by atoms with Gasteiger partial charge in [0.2, 0.25) is 0 Å². The standard InChI is InChI=1S/C21H38N/c1-4-5-6-7-8-9-10-11-12-13-14-15-21-16-18-22(19-17-21)20(2)3/h16-20H,4-15H2,1-3H3/q+1. The first-order valence-corrected chi connectivity index (χ1v) is 9.73. The van der Waals surface area contributed by atoms with Crippen LogP contribution < -0.4 is 4.57 Å². The minimum absolute atomic E-state index is 0.566. The van der Waals surface area contributed by atoms with E-state index in [1.807, 2.05) is 0 Å². The molecular weight excluding hydrogens is 266 g/mol. The Balaban J connectivity index is 1.93. The summed E-state index contributed by atoms with van der Waals surface area (Å²) >= 11 is 0. The third kappa shape index (κ3) is 9.23. The lowest BCUT2D eigenvalue weighted by Crippen LogP contribution is -2.34. The Morgan fingerprint density at radius 1 is 0.727 bits per heavy atom. The van der Waals surface area contributed by atoms with Gasteiger partial charge in [0, 0.05) is 12.1 Å². The van der Waals surface area contributed by atoms with Crippen LogP contribution in [0, 0.1) is 0 Å². The Bertz CT molecular complexity index is 353. The average Bonchev–Trinajstić information content (AvgIpc) is 2.53. The maximum Gasteiger partial charge on any atom is 0.169 e. The Hall–Kier alpha value is -0.850. The molecule has 0 saturated carbocycles. The van der Waals surface area contributed by atoms with Gasteiger partial charge >= 0.3 is 0 Å². The lowest BCUT2D eigenvalue weighted by Gasteiger charge is -2.04. The third-order valence-corrected chi connectivity index (χ3v) is 4.59. The van der Waals surface area contributed by atoms with Crippen molar-refractivity contribution < 1.29 is 4.57 Å². The molecular formula is C21H38N+. The van der Waals surface area contributed by atoms with Crippen molar-refractivity contribution in [3.63, 3.8) is 0 Å². The number of rotatable bonds is 13. The van der Waals surface area contributed by atoms with Crippen LogP contribution in [0.25, 0.3) is 0 Å². The largest absolute Gasteiger partial charge is 0.203 e. The molecule has 1 heterocycles. The molecule has 0 bridgehead atoms. The Morgan fingerprint density at radius 3 is 1.64 bits per heavy atom. The average molecular weight is 305 g/mol. The predicted octanol–water partition coefficient (Wildman–Crippen LogP) is 6.41. The number of unbranched alkanes of at least 4 members (excludes halogenated alkanes) is 10. The quantitative estimate of drug-likeness (QED) is 0.293. The van der Waals surface area contributed by atoms with Crippen LogP contribution in [0.4, 0.5) is 0 Å². The molecule has 1 rings (SSSR count). The molecule has 0 atom stereocenters. The van der Waals surface area contributed by atoms with E-state index in [2.05, 4.69) is 49.9 Å². The van der Waals surface area contributed by atoms with Gasteiger partial charge in [-0.15, -0.1) is 0 Å². The SMILES string of the molecule is CCCCCCCCCCCCCc1cc[n+](C(C)C)cc1. The molecule has 0 N–H and O–H groups in total. The van der Waals surface area contributed by atoms with Crippen LogP contribution >= 0.6 is 0 Å². The molecule has 0 aliphatic rings. The molecule has 22 heavy (non-hydrogen) atoms. The normalized spacial score (nSPS) is 11.3. The van der Waals surface area contributed by atoms with Crippen molar-refractivity contribution in [1.29, 1.82) is 0 Å². The number of pyridine rings is 1. The van der Waals surface area contributed by atoms with Crippen molar-refractivity contribution in [3.05, 3.63) is 30.1 Å². The lowest BCUT2D eigenvalue weighted by molar-refractivity contribution is -0.716. The smallest absolute Gasteiger partial charge is 0.169 e. The number of aromatic nitrogens is 1. The molecule has 0 amide bonds. The Labute approximate surface area is 139 Å².